The van der Waals surface area contributed by atoms with E-state index in [2.05, 4.69) is 25.7 Å². The fourth-order valence-electron chi connectivity index (χ4n) is 2.17. The summed E-state index contributed by atoms with van der Waals surface area (Å²) in [7, 11) is 1.73. The molecule has 0 saturated carbocycles. The molecule has 24 heavy (non-hydrogen) atoms. The van der Waals surface area contributed by atoms with Gasteiger partial charge in [-0.25, -0.2) is 8.78 Å². The summed E-state index contributed by atoms with van der Waals surface area (Å²) < 4.78 is 27.9. The van der Waals surface area contributed by atoms with E-state index in [4.69, 9.17) is 0 Å². The molecule has 126 valence electrons. The zero-order chi connectivity index (χ0) is 17.3. The third-order valence-electron chi connectivity index (χ3n) is 3.42. The van der Waals surface area contributed by atoms with Crippen LogP contribution >= 0.6 is 0 Å². The molecule has 7 nitrogen and oxygen atoms in total. The number of aliphatic hydroxyl groups excluding tert-OH is 1. The Kier molecular flexibility index (Phi) is 4.26. The number of aryl methyl sites for hydroxylation is 1. The van der Waals surface area contributed by atoms with Gasteiger partial charge in [-0.05, 0) is 19.1 Å². The van der Waals surface area contributed by atoms with Crippen molar-refractivity contribution in [3.63, 3.8) is 0 Å². The number of hydrogen-bond donors (Lipinski definition) is 3. The summed E-state index contributed by atoms with van der Waals surface area (Å²) in [6.45, 7) is 1.73. The van der Waals surface area contributed by atoms with Gasteiger partial charge in [-0.2, -0.15) is 15.1 Å². The van der Waals surface area contributed by atoms with Crippen LogP contribution in [0.25, 0.3) is 11.0 Å². The molecule has 0 aliphatic heterocycles. The Hall–Kier alpha value is -2.81. The van der Waals surface area contributed by atoms with Crippen molar-refractivity contribution >= 4 is 28.5 Å². The maximum atomic E-state index is 13.3. The van der Waals surface area contributed by atoms with E-state index in [0.717, 1.165) is 12.1 Å². The van der Waals surface area contributed by atoms with Crippen LogP contribution in [0.4, 0.5) is 26.2 Å². The van der Waals surface area contributed by atoms with E-state index in [9.17, 15) is 13.9 Å². The average molecular weight is 334 g/mol. The fraction of sp³-hybridized carbons (Fsp3) is 0.267. The lowest BCUT2D eigenvalue weighted by atomic mass is 10.3. The first-order chi connectivity index (χ1) is 11.5. The maximum absolute atomic E-state index is 13.3. The zero-order valence-electron chi connectivity index (χ0n) is 13.1. The Bertz CT molecular complexity index is 882. The molecular weight excluding hydrogens is 318 g/mol. The minimum Gasteiger partial charge on any atom is -0.394 e. The van der Waals surface area contributed by atoms with E-state index < -0.39 is 11.6 Å². The monoisotopic (exact) mass is 334 g/mol. The molecule has 0 aliphatic rings. The summed E-state index contributed by atoms with van der Waals surface area (Å²) in [5, 5.41) is 19.9. The molecule has 3 aromatic rings. The van der Waals surface area contributed by atoms with E-state index in [1.165, 1.54) is 6.07 Å². The third kappa shape index (κ3) is 3.11. The van der Waals surface area contributed by atoms with Crippen LogP contribution < -0.4 is 10.6 Å². The standard InChI is InChI=1S/C15H16F2N6O/c1-8(7-24)19-13-10-6-18-23(2)14(10)22-15(21-13)20-9-3-4-11(16)12(17)5-9/h3-6,8,24H,7H2,1-2H3,(H2,19,20,21,22). The highest BCUT2D eigenvalue weighted by Crippen LogP contribution is 2.24. The van der Waals surface area contributed by atoms with E-state index >= 15 is 0 Å². The lowest BCUT2D eigenvalue weighted by Gasteiger charge is -2.14. The van der Waals surface area contributed by atoms with E-state index in [0.29, 0.717) is 22.5 Å². The largest absolute Gasteiger partial charge is 0.394 e. The molecule has 0 amide bonds. The Labute approximate surface area is 136 Å². The van der Waals surface area contributed by atoms with Gasteiger partial charge in [0.25, 0.3) is 0 Å². The SMILES string of the molecule is CC(CO)Nc1nc(Nc2ccc(F)c(F)c2)nc2c1cnn2C. The molecule has 0 bridgehead atoms. The van der Waals surface area contributed by atoms with Crippen molar-refractivity contribution in [3.05, 3.63) is 36.0 Å². The molecule has 3 N–H and O–H groups in total. The molecule has 1 unspecified atom stereocenters. The lowest BCUT2D eigenvalue weighted by molar-refractivity contribution is 0.281. The van der Waals surface area contributed by atoms with Gasteiger partial charge in [-0.3, -0.25) is 4.68 Å². The number of rotatable bonds is 5. The highest BCUT2D eigenvalue weighted by atomic mass is 19.2. The first kappa shape index (κ1) is 16.1. The topological polar surface area (TPSA) is 87.9 Å². The molecule has 0 spiro atoms. The fourth-order valence-corrected chi connectivity index (χ4v) is 2.17. The number of nitrogens with one attached hydrogen (secondary N) is 2. The highest BCUT2D eigenvalue weighted by molar-refractivity contribution is 5.87. The summed E-state index contributed by atoms with van der Waals surface area (Å²) in [5.41, 5.74) is 0.874. The minimum atomic E-state index is -0.964. The first-order valence-corrected chi connectivity index (χ1v) is 7.27. The quantitative estimate of drug-likeness (QED) is 0.663. The van der Waals surface area contributed by atoms with Crippen LogP contribution in [0.5, 0.6) is 0 Å². The molecule has 1 atom stereocenters. The molecule has 2 aromatic heterocycles. The van der Waals surface area contributed by atoms with Gasteiger partial charge in [0.2, 0.25) is 5.95 Å². The molecule has 0 aliphatic carbocycles. The lowest BCUT2D eigenvalue weighted by Crippen LogP contribution is -2.20. The Morgan fingerprint density at radius 3 is 2.75 bits per heavy atom. The summed E-state index contributed by atoms with van der Waals surface area (Å²) in [5.74, 6) is -1.21. The predicted octanol–water partition coefficient (Wildman–Crippen LogP) is 2.18. The van der Waals surface area contributed by atoms with Crippen LogP contribution in [0.3, 0.4) is 0 Å². The van der Waals surface area contributed by atoms with Gasteiger partial charge >= 0.3 is 0 Å². The maximum Gasteiger partial charge on any atom is 0.231 e. The molecule has 0 saturated heterocycles. The van der Waals surface area contributed by atoms with Crippen LogP contribution in [0.2, 0.25) is 0 Å². The van der Waals surface area contributed by atoms with Crippen molar-refractivity contribution < 1.29 is 13.9 Å². The highest BCUT2D eigenvalue weighted by Gasteiger charge is 2.14. The van der Waals surface area contributed by atoms with Gasteiger partial charge in [0.1, 0.15) is 5.82 Å². The van der Waals surface area contributed by atoms with Crippen LogP contribution in [-0.2, 0) is 7.05 Å². The molecule has 1 aromatic carbocycles. The van der Waals surface area contributed by atoms with Crippen LogP contribution in [0, 0.1) is 11.6 Å². The van der Waals surface area contributed by atoms with Gasteiger partial charge in [-0.15, -0.1) is 0 Å². The number of aromatic nitrogens is 4. The van der Waals surface area contributed by atoms with Crippen LogP contribution in [0.15, 0.2) is 24.4 Å². The Morgan fingerprint density at radius 2 is 2.04 bits per heavy atom. The molecule has 3 rings (SSSR count). The second-order valence-corrected chi connectivity index (χ2v) is 5.38. The van der Waals surface area contributed by atoms with E-state index in [1.54, 1.807) is 24.9 Å². The van der Waals surface area contributed by atoms with Crippen molar-refractivity contribution in [2.45, 2.75) is 13.0 Å². The summed E-state index contributed by atoms with van der Waals surface area (Å²) in [4.78, 5) is 8.67. The first-order valence-electron chi connectivity index (χ1n) is 7.27. The smallest absolute Gasteiger partial charge is 0.231 e. The van der Waals surface area contributed by atoms with E-state index in [-0.39, 0.29) is 18.6 Å². The number of fused-ring (bicyclic) bond motifs is 1. The number of hydrogen-bond acceptors (Lipinski definition) is 6. The molecular formula is C15H16F2N6O. The summed E-state index contributed by atoms with van der Waals surface area (Å²) in [6, 6.07) is 3.21. The minimum absolute atomic E-state index is 0.0717. The van der Waals surface area contributed by atoms with Crippen molar-refractivity contribution in [1.82, 2.24) is 19.7 Å². The second kappa shape index (κ2) is 6.36. The van der Waals surface area contributed by atoms with Crippen molar-refractivity contribution in [2.75, 3.05) is 17.2 Å². The number of aliphatic hydroxyl groups is 1. The van der Waals surface area contributed by atoms with Crippen molar-refractivity contribution in [2.24, 2.45) is 7.05 Å². The zero-order valence-corrected chi connectivity index (χ0v) is 13.1. The third-order valence-corrected chi connectivity index (χ3v) is 3.42. The molecule has 0 fully saturated rings. The number of halogens is 2. The number of nitrogens with zero attached hydrogens (tertiary/aromatic N) is 4. The van der Waals surface area contributed by atoms with Crippen LogP contribution in [-0.4, -0.2) is 37.5 Å². The van der Waals surface area contributed by atoms with Crippen LogP contribution in [0.1, 0.15) is 6.92 Å². The summed E-state index contributed by atoms with van der Waals surface area (Å²) in [6.07, 6.45) is 1.61. The van der Waals surface area contributed by atoms with Gasteiger partial charge in [0.15, 0.2) is 17.3 Å². The molecule has 0 radical (unpaired) electrons. The van der Waals surface area contributed by atoms with Gasteiger partial charge in [0, 0.05) is 24.8 Å². The van der Waals surface area contributed by atoms with Gasteiger partial charge in [0.05, 0.1) is 18.2 Å². The Morgan fingerprint density at radius 1 is 1.25 bits per heavy atom. The van der Waals surface area contributed by atoms with Crippen molar-refractivity contribution in [3.8, 4) is 0 Å². The van der Waals surface area contributed by atoms with Gasteiger partial charge in [-0.1, -0.05) is 0 Å². The second-order valence-electron chi connectivity index (χ2n) is 5.38. The number of benzene rings is 1. The average Bonchev–Trinajstić information content (AvgIpc) is 2.92. The predicted molar refractivity (Wildman–Crippen MR) is 86.1 cm³/mol. The molecule has 9 heteroatoms. The van der Waals surface area contributed by atoms with Crippen molar-refractivity contribution in [1.29, 1.82) is 0 Å². The normalized spacial score (nSPS) is 12.4. The molecule has 2 heterocycles. The summed E-state index contributed by atoms with van der Waals surface area (Å²) >= 11 is 0. The Balaban J connectivity index is 2.00. The van der Waals surface area contributed by atoms with Gasteiger partial charge < -0.3 is 15.7 Å². The van der Waals surface area contributed by atoms with E-state index in [1.807, 2.05) is 0 Å². The number of anilines is 3.